The van der Waals surface area contributed by atoms with Crippen LogP contribution in [0.5, 0.6) is 5.75 Å². The average molecular weight is 491 g/mol. The summed E-state index contributed by atoms with van der Waals surface area (Å²) in [6.07, 6.45) is 4.06. The van der Waals surface area contributed by atoms with Crippen molar-refractivity contribution in [3.63, 3.8) is 0 Å². The molecule has 1 heterocycles. The van der Waals surface area contributed by atoms with E-state index in [9.17, 15) is 19.1 Å². The van der Waals surface area contributed by atoms with Crippen molar-refractivity contribution in [1.29, 1.82) is 0 Å². The maximum absolute atomic E-state index is 13.4. The van der Waals surface area contributed by atoms with Crippen LogP contribution in [0.15, 0.2) is 40.7 Å². The molecule has 0 fully saturated rings. The first kappa shape index (κ1) is 26.0. The average Bonchev–Trinajstić information content (AvgIpc) is 2.74. The standard InChI is InChI=1S/C26H32ClFN2O4/c1-16(2)6-7-17-12-19-22(15-26(17,3)4)30(10-5-11-31)24(32)14-23(19)34-25(33)29-18-8-9-21(28)20(27)13-18/h6,8-9,13-14,17,31H,5,7,10-12,15H2,1-4H3,(H,29,33). The van der Waals surface area contributed by atoms with E-state index < -0.39 is 11.9 Å². The molecule has 184 valence electrons. The molecule has 0 saturated carbocycles. The molecule has 0 radical (unpaired) electrons. The highest BCUT2D eigenvalue weighted by molar-refractivity contribution is 6.31. The van der Waals surface area contributed by atoms with E-state index in [0.717, 1.165) is 23.7 Å². The molecule has 1 unspecified atom stereocenters. The van der Waals surface area contributed by atoms with Crippen LogP contribution in [-0.4, -0.2) is 22.4 Å². The first-order chi connectivity index (χ1) is 16.0. The van der Waals surface area contributed by atoms with Crippen LogP contribution >= 0.6 is 11.6 Å². The molecule has 0 saturated heterocycles. The number of aliphatic hydroxyl groups excluding tert-OH is 1. The topological polar surface area (TPSA) is 80.6 Å². The fourth-order valence-electron chi connectivity index (χ4n) is 4.40. The number of aromatic nitrogens is 1. The molecule has 0 aliphatic heterocycles. The Morgan fingerprint density at radius 1 is 1.35 bits per heavy atom. The fraction of sp³-hybridized carbons (Fsp3) is 0.462. The lowest BCUT2D eigenvalue weighted by Gasteiger charge is -2.41. The smallest absolute Gasteiger partial charge is 0.410 e. The number of benzene rings is 1. The summed E-state index contributed by atoms with van der Waals surface area (Å²) in [4.78, 5) is 25.6. The highest BCUT2D eigenvalue weighted by atomic mass is 35.5. The number of carbonyl (C=O) groups is 1. The van der Waals surface area contributed by atoms with Crippen LogP contribution in [0.1, 0.15) is 51.8 Å². The number of anilines is 1. The Morgan fingerprint density at radius 3 is 2.74 bits per heavy atom. The minimum atomic E-state index is -0.789. The number of fused-ring (bicyclic) bond motifs is 1. The van der Waals surface area contributed by atoms with Crippen LogP contribution in [0.4, 0.5) is 14.9 Å². The summed E-state index contributed by atoms with van der Waals surface area (Å²) in [7, 11) is 0. The number of nitrogens with zero attached hydrogens (tertiary/aromatic N) is 1. The third kappa shape index (κ3) is 6.07. The van der Waals surface area contributed by atoms with Crippen molar-refractivity contribution in [2.24, 2.45) is 11.3 Å². The van der Waals surface area contributed by atoms with Gasteiger partial charge in [-0.25, -0.2) is 9.18 Å². The second-order valence-electron chi connectivity index (χ2n) is 9.73. The first-order valence-electron chi connectivity index (χ1n) is 11.5. The number of aliphatic hydroxyl groups is 1. The van der Waals surface area contributed by atoms with Gasteiger partial charge in [0, 0.05) is 36.2 Å². The molecule has 1 aromatic heterocycles. The number of allylic oxidation sites excluding steroid dienone is 2. The third-order valence-corrected chi connectivity index (χ3v) is 6.68. The number of hydrogen-bond donors (Lipinski definition) is 2. The van der Waals surface area contributed by atoms with Gasteiger partial charge in [-0.2, -0.15) is 0 Å². The number of carbonyl (C=O) groups excluding carboxylic acids is 1. The zero-order valence-electron chi connectivity index (χ0n) is 20.1. The summed E-state index contributed by atoms with van der Waals surface area (Å²) < 4.78 is 20.7. The van der Waals surface area contributed by atoms with Crippen molar-refractivity contribution in [1.82, 2.24) is 4.57 Å². The monoisotopic (exact) mass is 490 g/mol. The summed E-state index contributed by atoms with van der Waals surface area (Å²) in [6, 6.07) is 5.16. The molecule has 1 aliphatic carbocycles. The van der Waals surface area contributed by atoms with E-state index in [1.54, 1.807) is 4.57 Å². The molecular weight excluding hydrogens is 459 g/mol. The largest absolute Gasteiger partial charge is 0.417 e. The number of amides is 1. The fourth-order valence-corrected chi connectivity index (χ4v) is 4.58. The van der Waals surface area contributed by atoms with Crippen molar-refractivity contribution >= 4 is 23.4 Å². The molecule has 1 atom stereocenters. The van der Waals surface area contributed by atoms with Crippen LogP contribution < -0.4 is 15.6 Å². The van der Waals surface area contributed by atoms with Gasteiger partial charge in [0.15, 0.2) is 0 Å². The molecule has 2 aromatic rings. The van der Waals surface area contributed by atoms with Crippen molar-refractivity contribution in [3.8, 4) is 5.75 Å². The Labute approximate surface area is 204 Å². The Hall–Kier alpha value is -2.64. The molecule has 2 N–H and O–H groups in total. The highest BCUT2D eigenvalue weighted by Crippen LogP contribution is 2.44. The van der Waals surface area contributed by atoms with Gasteiger partial charge in [0.25, 0.3) is 5.56 Å². The molecule has 1 amide bonds. The van der Waals surface area contributed by atoms with Gasteiger partial charge >= 0.3 is 6.09 Å². The number of pyridine rings is 1. The molecular formula is C26H32ClFN2O4. The van der Waals surface area contributed by atoms with Crippen molar-refractivity contribution in [2.45, 2.75) is 59.9 Å². The number of nitrogens with one attached hydrogen (secondary N) is 1. The zero-order valence-corrected chi connectivity index (χ0v) is 20.8. The molecule has 8 heteroatoms. The van der Waals surface area contributed by atoms with E-state index in [0.29, 0.717) is 31.7 Å². The van der Waals surface area contributed by atoms with Gasteiger partial charge in [-0.3, -0.25) is 10.1 Å². The van der Waals surface area contributed by atoms with Gasteiger partial charge in [-0.05, 0) is 69.1 Å². The van der Waals surface area contributed by atoms with Crippen LogP contribution in [0, 0.1) is 17.2 Å². The zero-order chi connectivity index (χ0) is 25.0. The van der Waals surface area contributed by atoms with Gasteiger partial charge in [-0.15, -0.1) is 0 Å². The van der Waals surface area contributed by atoms with Gasteiger partial charge in [0.2, 0.25) is 0 Å². The second-order valence-corrected chi connectivity index (χ2v) is 10.1. The number of halogens is 2. The molecule has 3 rings (SSSR count). The van der Waals surface area contributed by atoms with Crippen molar-refractivity contribution in [3.05, 3.63) is 68.4 Å². The van der Waals surface area contributed by atoms with Crippen molar-refractivity contribution in [2.75, 3.05) is 11.9 Å². The Morgan fingerprint density at radius 2 is 2.09 bits per heavy atom. The van der Waals surface area contributed by atoms with Gasteiger partial charge in [-0.1, -0.05) is 37.1 Å². The van der Waals surface area contributed by atoms with E-state index in [-0.39, 0.29) is 34.0 Å². The van der Waals surface area contributed by atoms with E-state index in [1.165, 1.54) is 23.8 Å². The van der Waals surface area contributed by atoms with Crippen LogP contribution in [0.25, 0.3) is 0 Å². The highest BCUT2D eigenvalue weighted by Gasteiger charge is 2.38. The second kappa shape index (κ2) is 10.7. The predicted molar refractivity (Wildman–Crippen MR) is 132 cm³/mol. The minimum Gasteiger partial charge on any atom is -0.410 e. The normalized spacial score (nSPS) is 16.5. The van der Waals surface area contributed by atoms with Crippen molar-refractivity contribution < 1.29 is 19.0 Å². The molecule has 6 nitrogen and oxygen atoms in total. The van der Waals surface area contributed by atoms with Gasteiger partial charge < -0.3 is 14.4 Å². The third-order valence-electron chi connectivity index (χ3n) is 6.39. The van der Waals surface area contributed by atoms with E-state index in [2.05, 4.69) is 39.1 Å². The summed E-state index contributed by atoms with van der Waals surface area (Å²) in [5.41, 5.74) is 2.84. The lowest BCUT2D eigenvalue weighted by molar-refractivity contribution is 0.182. The predicted octanol–water partition coefficient (Wildman–Crippen LogP) is 5.73. The quantitative estimate of drug-likeness (QED) is 0.485. The molecule has 0 spiro atoms. The lowest BCUT2D eigenvalue weighted by atomic mass is 9.66. The summed E-state index contributed by atoms with van der Waals surface area (Å²) in [5.74, 6) is -0.0742. The van der Waals surface area contributed by atoms with E-state index in [4.69, 9.17) is 16.3 Å². The van der Waals surface area contributed by atoms with E-state index in [1.807, 2.05) is 0 Å². The van der Waals surface area contributed by atoms with Gasteiger partial charge in [0.1, 0.15) is 11.6 Å². The maximum Gasteiger partial charge on any atom is 0.417 e. The number of ether oxygens (including phenoxy) is 1. The summed E-state index contributed by atoms with van der Waals surface area (Å²) in [6.45, 7) is 8.90. The summed E-state index contributed by atoms with van der Waals surface area (Å²) in [5, 5.41) is 11.7. The van der Waals surface area contributed by atoms with Crippen LogP contribution in [-0.2, 0) is 19.4 Å². The van der Waals surface area contributed by atoms with Crippen LogP contribution in [0.3, 0.4) is 0 Å². The van der Waals surface area contributed by atoms with Crippen LogP contribution in [0.2, 0.25) is 5.02 Å². The SMILES string of the molecule is CC(C)=CCC1Cc2c(OC(=O)Nc3ccc(F)c(Cl)c3)cc(=O)n(CCCO)c2CC1(C)C. The van der Waals surface area contributed by atoms with E-state index >= 15 is 0 Å². The first-order valence-corrected chi connectivity index (χ1v) is 11.8. The number of rotatable bonds is 7. The molecule has 1 aromatic carbocycles. The lowest BCUT2D eigenvalue weighted by Crippen LogP contribution is -2.38. The maximum atomic E-state index is 13.4. The number of hydrogen-bond acceptors (Lipinski definition) is 4. The Bertz CT molecular complexity index is 1150. The molecule has 1 aliphatic rings. The summed E-state index contributed by atoms with van der Waals surface area (Å²) >= 11 is 5.79. The Balaban J connectivity index is 1.97. The molecule has 34 heavy (non-hydrogen) atoms. The van der Waals surface area contributed by atoms with Gasteiger partial charge in [0.05, 0.1) is 5.02 Å². The minimum absolute atomic E-state index is 0.0192. The molecule has 0 bridgehead atoms. The Kier molecular flexibility index (Phi) is 8.21.